The minimum atomic E-state index is -0.314. The number of hydrogen-bond acceptors (Lipinski definition) is 6. The molecule has 31 heavy (non-hydrogen) atoms. The molecule has 1 aromatic carbocycles. The summed E-state index contributed by atoms with van der Waals surface area (Å²) in [6, 6.07) is 8.05. The van der Waals surface area contributed by atoms with Crippen LogP contribution in [0, 0.1) is 19.7 Å². The van der Waals surface area contributed by atoms with Crippen LogP contribution in [0.2, 0.25) is 0 Å². The fourth-order valence-corrected chi connectivity index (χ4v) is 4.70. The van der Waals surface area contributed by atoms with Crippen LogP contribution >= 0.6 is 0 Å². The number of nitrogens with zero attached hydrogens (tertiary/aromatic N) is 5. The molecule has 6 nitrogen and oxygen atoms in total. The van der Waals surface area contributed by atoms with Crippen molar-refractivity contribution in [2.75, 3.05) is 7.05 Å². The van der Waals surface area contributed by atoms with Crippen LogP contribution in [-0.4, -0.2) is 44.2 Å². The number of aryl methyl sites for hydroxylation is 2. The third-order valence-electron chi connectivity index (χ3n) is 6.69. The average Bonchev–Trinajstić information content (AvgIpc) is 3.12. The molecule has 3 aromatic heterocycles. The van der Waals surface area contributed by atoms with Crippen LogP contribution < -0.4 is 0 Å². The Hall–Kier alpha value is -2.93. The summed E-state index contributed by atoms with van der Waals surface area (Å²) in [5.74, 6) is 0.535. The molecule has 0 spiro atoms. The van der Waals surface area contributed by atoms with Crippen molar-refractivity contribution < 1.29 is 8.81 Å². The van der Waals surface area contributed by atoms with Crippen LogP contribution in [0.3, 0.4) is 0 Å². The van der Waals surface area contributed by atoms with E-state index in [2.05, 4.69) is 46.0 Å². The van der Waals surface area contributed by atoms with Crippen LogP contribution in [-0.2, 0) is 0 Å². The van der Waals surface area contributed by atoms with Crippen molar-refractivity contribution in [2.24, 2.45) is 0 Å². The largest absolute Gasteiger partial charge is 0.423 e. The Morgan fingerprint density at radius 2 is 1.74 bits per heavy atom. The van der Waals surface area contributed by atoms with E-state index in [-0.39, 0.29) is 5.82 Å². The molecule has 1 saturated heterocycles. The maximum atomic E-state index is 15.2. The highest BCUT2D eigenvalue weighted by Gasteiger charge is 2.30. The summed E-state index contributed by atoms with van der Waals surface area (Å²) in [7, 11) is 2.16. The summed E-state index contributed by atoms with van der Waals surface area (Å²) < 4.78 is 20.8. The first kappa shape index (κ1) is 20.0. The Morgan fingerprint density at radius 1 is 1.00 bits per heavy atom. The lowest BCUT2D eigenvalue weighted by atomic mass is 9.85. The number of fused-ring (bicyclic) bond motifs is 2. The normalized spacial score (nSPS) is 22.5. The second-order valence-corrected chi connectivity index (χ2v) is 8.90. The minimum absolute atomic E-state index is 0.290. The van der Waals surface area contributed by atoms with Crippen molar-refractivity contribution in [1.82, 2.24) is 25.1 Å². The molecule has 4 aromatic rings. The van der Waals surface area contributed by atoms with Gasteiger partial charge in [-0.05, 0) is 70.5 Å². The third kappa shape index (κ3) is 3.47. The second-order valence-electron chi connectivity index (χ2n) is 8.90. The molecule has 5 rings (SSSR count). The smallest absolute Gasteiger partial charge is 0.247 e. The molecule has 4 heterocycles. The van der Waals surface area contributed by atoms with Crippen LogP contribution in [0.5, 0.6) is 0 Å². The Bertz CT molecular complexity index is 1290. The monoisotopic (exact) mass is 419 g/mol. The summed E-state index contributed by atoms with van der Waals surface area (Å²) >= 11 is 0. The molecule has 0 radical (unpaired) electrons. The molecule has 0 bridgehead atoms. The van der Waals surface area contributed by atoms with E-state index in [1.807, 2.05) is 25.1 Å². The Labute approximate surface area is 180 Å². The van der Waals surface area contributed by atoms with Gasteiger partial charge in [-0.2, -0.15) is 10.2 Å². The molecule has 1 aliphatic rings. The summed E-state index contributed by atoms with van der Waals surface area (Å²) in [6.07, 6.45) is 2.00. The Morgan fingerprint density at radius 3 is 2.48 bits per heavy atom. The number of oxazole rings is 1. The van der Waals surface area contributed by atoms with E-state index in [1.54, 1.807) is 6.92 Å². The van der Waals surface area contributed by atoms with Gasteiger partial charge in [0.05, 0.1) is 16.9 Å². The molecular weight excluding hydrogens is 393 g/mol. The van der Waals surface area contributed by atoms with E-state index in [0.717, 1.165) is 29.6 Å². The fourth-order valence-electron chi connectivity index (χ4n) is 4.70. The van der Waals surface area contributed by atoms with Gasteiger partial charge in [0.1, 0.15) is 11.3 Å². The van der Waals surface area contributed by atoms with Crippen LogP contribution in [0.4, 0.5) is 4.39 Å². The lowest BCUT2D eigenvalue weighted by molar-refractivity contribution is 0.121. The number of likely N-dealkylation sites (tertiary alicyclic amines) is 1. The molecule has 160 valence electrons. The van der Waals surface area contributed by atoms with Gasteiger partial charge in [0.2, 0.25) is 5.71 Å². The van der Waals surface area contributed by atoms with E-state index in [0.29, 0.717) is 51.8 Å². The third-order valence-corrected chi connectivity index (χ3v) is 6.69. The van der Waals surface area contributed by atoms with Gasteiger partial charge >= 0.3 is 0 Å². The molecular formula is C24H26FN5O. The number of benzene rings is 1. The number of halogens is 1. The zero-order valence-electron chi connectivity index (χ0n) is 18.5. The number of piperidine rings is 1. The molecule has 0 amide bonds. The number of pyridine rings is 1. The molecule has 3 atom stereocenters. The van der Waals surface area contributed by atoms with Gasteiger partial charge in [-0.15, -0.1) is 0 Å². The van der Waals surface area contributed by atoms with Gasteiger partial charge in [-0.3, -0.25) is 0 Å². The standard InChI is InChI=1S/C24H26FN5O/c1-12-6-20(27-24-23(12)26-15(4)31-24)17-9-19(25)18-11-21(28-29-22(18)10-17)16-7-13(2)30(5)14(3)8-16/h6,9-11,13-14,16H,7-8H2,1-5H3/t13-,14+,16?. The highest BCUT2D eigenvalue weighted by molar-refractivity contribution is 5.85. The molecule has 1 fully saturated rings. The second kappa shape index (κ2) is 7.34. The molecule has 0 aliphatic carbocycles. The highest BCUT2D eigenvalue weighted by Crippen LogP contribution is 2.35. The van der Waals surface area contributed by atoms with E-state index in [1.165, 1.54) is 6.07 Å². The van der Waals surface area contributed by atoms with Crippen molar-refractivity contribution in [1.29, 1.82) is 0 Å². The van der Waals surface area contributed by atoms with E-state index in [4.69, 9.17) is 4.42 Å². The van der Waals surface area contributed by atoms with Gasteiger partial charge in [0.15, 0.2) is 5.89 Å². The SMILES string of the molecule is Cc1nc2c(C)cc(-c3cc(F)c4cc(C5C[C@@H](C)N(C)[C@@H](C)C5)nnc4c3)nc2o1. The predicted molar refractivity (Wildman–Crippen MR) is 118 cm³/mol. The highest BCUT2D eigenvalue weighted by atomic mass is 19.1. The van der Waals surface area contributed by atoms with Gasteiger partial charge in [-0.1, -0.05) is 0 Å². The van der Waals surface area contributed by atoms with Crippen molar-refractivity contribution in [3.63, 3.8) is 0 Å². The van der Waals surface area contributed by atoms with Gasteiger partial charge in [0, 0.05) is 35.9 Å². The zero-order valence-corrected chi connectivity index (χ0v) is 18.5. The summed E-state index contributed by atoms with van der Waals surface area (Å²) in [6.45, 7) is 8.19. The van der Waals surface area contributed by atoms with Crippen LogP contribution in [0.25, 0.3) is 33.4 Å². The zero-order chi connectivity index (χ0) is 21.9. The first-order valence-corrected chi connectivity index (χ1v) is 10.7. The van der Waals surface area contributed by atoms with Crippen molar-refractivity contribution >= 4 is 22.1 Å². The predicted octanol–water partition coefficient (Wildman–Crippen LogP) is 5.18. The molecule has 0 saturated carbocycles. The molecule has 1 unspecified atom stereocenters. The lowest BCUT2D eigenvalue weighted by Gasteiger charge is -2.40. The van der Waals surface area contributed by atoms with E-state index >= 15 is 4.39 Å². The summed E-state index contributed by atoms with van der Waals surface area (Å²) in [5.41, 5.74) is 4.80. The summed E-state index contributed by atoms with van der Waals surface area (Å²) in [5, 5.41) is 9.38. The van der Waals surface area contributed by atoms with Crippen LogP contribution in [0.1, 0.15) is 49.8 Å². The lowest BCUT2D eigenvalue weighted by Crippen LogP contribution is -2.43. The molecule has 1 aliphatic heterocycles. The van der Waals surface area contributed by atoms with Gasteiger partial charge < -0.3 is 9.32 Å². The fraction of sp³-hybridized carbons (Fsp3) is 0.417. The summed E-state index contributed by atoms with van der Waals surface area (Å²) in [4.78, 5) is 11.3. The van der Waals surface area contributed by atoms with E-state index < -0.39 is 0 Å². The van der Waals surface area contributed by atoms with Gasteiger partial charge in [0.25, 0.3) is 0 Å². The molecule has 0 N–H and O–H groups in total. The van der Waals surface area contributed by atoms with Crippen molar-refractivity contribution in [3.05, 3.63) is 47.2 Å². The molecule has 7 heteroatoms. The minimum Gasteiger partial charge on any atom is -0.423 e. The topological polar surface area (TPSA) is 67.9 Å². The van der Waals surface area contributed by atoms with E-state index in [9.17, 15) is 0 Å². The van der Waals surface area contributed by atoms with Gasteiger partial charge in [-0.25, -0.2) is 14.4 Å². The Kier molecular flexibility index (Phi) is 4.73. The average molecular weight is 420 g/mol. The Balaban J connectivity index is 1.54. The van der Waals surface area contributed by atoms with Crippen molar-refractivity contribution in [2.45, 2.75) is 58.5 Å². The maximum absolute atomic E-state index is 15.2. The first-order valence-electron chi connectivity index (χ1n) is 10.7. The van der Waals surface area contributed by atoms with Crippen LogP contribution in [0.15, 0.2) is 28.7 Å². The number of rotatable bonds is 2. The van der Waals surface area contributed by atoms with Crippen molar-refractivity contribution in [3.8, 4) is 11.3 Å². The quantitative estimate of drug-likeness (QED) is 0.446. The first-order chi connectivity index (χ1) is 14.8. The number of aromatic nitrogens is 4. The maximum Gasteiger partial charge on any atom is 0.247 e. The number of hydrogen-bond donors (Lipinski definition) is 0.